The second kappa shape index (κ2) is 9.18. The number of benzene rings is 3. The largest absolute Gasteiger partial charge is 0.493 e. The Balaban J connectivity index is 0.000000225. The zero-order valence-corrected chi connectivity index (χ0v) is 17.0. The molecule has 0 saturated carbocycles. The summed E-state index contributed by atoms with van der Waals surface area (Å²) in [6, 6.07) is 23.9. The summed E-state index contributed by atoms with van der Waals surface area (Å²) in [6.45, 7) is 1.24. The van der Waals surface area contributed by atoms with Crippen molar-refractivity contribution in [2.24, 2.45) is 0 Å². The van der Waals surface area contributed by atoms with Gasteiger partial charge in [0.1, 0.15) is 19.0 Å². The fraction of sp³-hybridized carbons (Fsp3) is 0.160. The molecule has 1 aliphatic heterocycles. The molecule has 0 fully saturated rings. The highest BCUT2D eigenvalue weighted by molar-refractivity contribution is 5.89. The summed E-state index contributed by atoms with van der Waals surface area (Å²) in [5.74, 6) is 2.94. The summed E-state index contributed by atoms with van der Waals surface area (Å²) in [7, 11) is 3.24. The zero-order chi connectivity index (χ0) is 20.8. The van der Waals surface area contributed by atoms with Crippen LogP contribution in [0, 0.1) is 0 Å². The van der Waals surface area contributed by atoms with E-state index in [0.29, 0.717) is 24.0 Å². The van der Waals surface area contributed by atoms with E-state index in [2.05, 4.69) is 17.1 Å². The van der Waals surface area contributed by atoms with Crippen LogP contribution in [-0.4, -0.2) is 19.2 Å². The Morgan fingerprint density at radius 2 is 1.73 bits per heavy atom. The molecule has 0 N–H and O–H groups in total. The Kier molecular flexibility index (Phi) is 5.99. The molecule has 0 radical (unpaired) electrons. The minimum Gasteiger partial charge on any atom is -0.493 e. The van der Waals surface area contributed by atoms with Gasteiger partial charge in [0.15, 0.2) is 11.5 Å². The molecule has 152 valence electrons. The van der Waals surface area contributed by atoms with Gasteiger partial charge in [0.05, 0.1) is 14.2 Å². The first kappa shape index (κ1) is 19.6. The number of fused-ring (bicyclic) bond motifs is 3. The molecule has 4 aromatic rings. The minimum absolute atomic E-state index is 0.477. The van der Waals surface area contributed by atoms with Gasteiger partial charge in [-0.1, -0.05) is 42.5 Å². The monoisotopic (exact) mass is 401 g/mol. The minimum atomic E-state index is 0.477. The molecule has 5 heteroatoms. The average molecular weight is 401 g/mol. The van der Waals surface area contributed by atoms with E-state index in [9.17, 15) is 0 Å². The first-order chi connectivity index (χ1) is 14.8. The van der Waals surface area contributed by atoms with Crippen molar-refractivity contribution < 1.29 is 18.9 Å². The molecular weight excluding hydrogens is 378 g/mol. The van der Waals surface area contributed by atoms with Gasteiger partial charge in [-0.25, -0.2) is 4.98 Å². The smallest absolute Gasteiger partial charge is 0.221 e. The van der Waals surface area contributed by atoms with E-state index >= 15 is 0 Å². The predicted octanol–water partition coefficient (Wildman–Crippen LogP) is 5.41. The zero-order valence-electron chi connectivity index (χ0n) is 17.0. The first-order valence-corrected chi connectivity index (χ1v) is 9.66. The maximum atomic E-state index is 5.91. The summed E-state index contributed by atoms with van der Waals surface area (Å²) in [6.07, 6.45) is 1.71. The lowest BCUT2D eigenvalue weighted by molar-refractivity contribution is 0.285. The molecule has 0 spiro atoms. The Morgan fingerprint density at radius 1 is 0.867 bits per heavy atom. The van der Waals surface area contributed by atoms with Crippen molar-refractivity contribution in [1.29, 1.82) is 0 Å². The Labute approximate surface area is 175 Å². The lowest BCUT2D eigenvalue weighted by Crippen LogP contribution is -1.98. The fourth-order valence-corrected chi connectivity index (χ4v) is 3.22. The first-order valence-electron chi connectivity index (χ1n) is 9.66. The van der Waals surface area contributed by atoms with Gasteiger partial charge in [-0.2, -0.15) is 0 Å². The number of aromatic nitrogens is 1. The van der Waals surface area contributed by atoms with Crippen LogP contribution >= 0.6 is 0 Å². The number of pyridine rings is 1. The lowest BCUT2D eigenvalue weighted by atomic mass is 10.1. The fourth-order valence-electron chi connectivity index (χ4n) is 3.22. The summed E-state index contributed by atoms with van der Waals surface area (Å²) in [4.78, 5) is 4.22. The van der Waals surface area contributed by atoms with E-state index in [-0.39, 0.29) is 0 Å². The Hall–Kier alpha value is -3.73. The van der Waals surface area contributed by atoms with Crippen LogP contribution in [-0.2, 0) is 13.2 Å². The molecule has 0 saturated heterocycles. The summed E-state index contributed by atoms with van der Waals surface area (Å²) in [5, 5.41) is 1.89. The second-order valence-corrected chi connectivity index (χ2v) is 6.75. The van der Waals surface area contributed by atoms with Crippen LogP contribution in [0.5, 0.6) is 23.1 Å². The van der Waals surface area contributed by atoms with Gasteiger partial charge in [0, 0.05) is 11.6 Å². The second-order valence-electron chi connectivity index (χ2n) is 6.75. The standard InChI is InChI=1S/C18H17NO3.C7H6O/c1-20-16-10-14-8-9-19-18(21-2)15(14)11-17(16)22-12-13-6-4-3-5-7-13;1-2-6-4-7(3-1)8-5-6/h3-11H,12H2,1-2H3;1-4H,5H2. The molecule has 0 amide bonds. The van der Waals surface area contributed by atoms with Crippen molar-refractivity contribution in [2.45, 2.75) is 13.2 Å². The molecule has 5 rings (SSSR count). The highest BCUT2D eigenvalue weighted by Gasteiger charge is 2.11. The third kappa shape index (κ3) is 4.46. The van der Waals surface area contributed by atoms with E-state index < -0.39 is 0 Å². The molecule has 5 nitrogen and oxygen atoms in total. The van der Waals surface area contributed by atoms with Crippen LogP contribution in [0.15, 0.2) is 79.0 Å². The molecule has 0 aliphatic carbocycles. The molecule has 1 aromatic heterocycles. The van der Waals surface area contributed by atoms with Crippen LogP contribution in [0.3, 0.4) is 0 Å². The normalized spacial score (nSPS) is 11.3. The lowest BCUT2D eigenvalue weighted by Gasteiger charge is -2.13. The number of rotatable bonds is 5. The van der Waals surface area contributed by atoms with E-state index in [0.717, 1.165) is 28.7 Å². The third-order valence-electron chi connectivity index (χ3n) is 4.75. The summed E-state index contributed by atoms with van der Waals surface area (Å²) < 4.78 is 21.8. The molecule has 30 heavy (non-hydrogen) atoms. The molecule has 2 bridgehead atoms. The van der Waals surface area contributed by atoms with E-state index in [1.165, 1.54) is 5.56 Å². The maximum Gasteiger partial charge on any atom is 0.221 e. The Morgan fingerprint density at radius 3 is 2.47 bits per heavy atom. The van der Waals surface area contributed by atoms with Crippen molar-refractivity contribution in [1.82, 2.24) is 4.98 Å². The summed E-state index contributed by atoms with van der Waals surface area (Å²) in [5.41, 5.74) is 2.38. The van der Waals surface area contributed by atoms with Gasteiger partial charge in [0.2, 0.25) is 5.88 Å². The van der Waals surface area contributed by atoms with Crippen LogP contribution < -0.4 is 18.9 Å². The molecule has 3 aromatic carbocycles. The van der Waals surface area contributed by atoms with E-state index in [1.807, 2.05) is 60.7 Å². The van der Waals surface area contributed by atoms with Gasteiger partial charge < -0.3 is 18.9 Å². The quantitative estimate of drug-likeness (QED) is 0.448. The van der Waals surface area contributed by atoms with Gasteiger partial charge in [0.25, 0.3) is 0 Å². The number of hydrogen-bond acceptors (Lipinski definition) is 5. The van der Waals surface area contributed by atoms with Crippen LogP contribution in [0.25, 0.3) is 10.8 Å². The van der Waals surface area contributed by atoms with Crippen molar-refractivity contribution in [3.63, 3.8) is 0 Å². The van der Waals surface area contributed by atoms with Crippen LogP contribution in [0.1, 0.15) is 11.1 Å². The third-order valence-corrected chi connectivity index (χ3v) is 4.75. The van der Waals surface area contributed by atoms with Gasteiger partial charge in [-0.15, -0.1) is 0 Å². The summed E-state index contributed by atoms with van der Waals surface area (Å²) >= 11 is 0. The van der Waals surface area contributed by atoms with Crippen molar-refractivity contribution >= 4 is 10.8 Å². The number of nitrogens with zero attached hydrogens (tertiary/aromatic N) is 1. The van der Waals surface area contributed by atoms with Crippen molar-refractivity contribution in [2.75, 3.05) is 14.2 Å². The van der Waals surface area contributed by atoms with Crippen LogP contribution in [0.2, 0.25) is 0 Å². The molecule has 0 unspecified atom stereocenters. The van der Waals surface area contributed by atoms with Gasteiger partial charge >= 0.3 is 0 Å². The maximum absolute atomic E-state index is 5.91. The predicted molar refractivity (Wildman–Crippen MR) is 116 cm³/mol. The van der Waals surface area contributed by atoms with Crippen LogP contribution in [0.4, 0.5) is 0 Å². The topological polar surface area (TPSA) is 49.8 Å². The van der Waals surface area contributed by atoms with Crippen molar-refractivity contribution in [3.8, 4) is 23.1 Å². The van der Waals surface area contributed by atoms with Gasteiger partial charge in [-0.3, -0.25) is 0 Å². The average Bonchev–Trinajstić information content (AvgIpc) is 3.14. The molecule has 1 aliphatic rings. The highest BCUT2D eigenvalue weighted by Crippen LogP contribution is 2.35. The molecule has 0 atom stereocenters. The highest BCUT2D eigenvalue weighted by atomic mass is 16.5. The molecular formula is C25H23NO4. The van der Waals surface area contributed by atoms with Gasteiger partial charge in [-0.05, 0) is 46.8 Å². The number of hydrogen-bond donors (Lipinski definition) is 0. The number of ether oxygens (including phenoxy) is 4. The van der Waals surface area contributed by atoms with Crippen molar-refractivity contribution in [3.05, 3.63) is 90.1 Å². The SMILES string of the molecule is COc1cc2ccnc(OC)c2cc1OCc1ccccc1.c1cc2cc(c1)OC2. The van der Waals surface area contributed by atoms with E-state index in [1.54, 1.807) is 20.4 Å². The van der Waals surface area contributed by atoms with E-state index in [4.69, 9.17) is 18.9 Å². The number of methoxy groups -OCH3 is 2. The molecule has 2 heterocycles. The Bertz CT molecular complexity index is 1110.